The molecule has 0 saturated heterocycles. The van der Waals surface area contributed by atoms with E-state index < -0.39 is 0 Å². The normalized spacial score (nSPS) is 14.7. The highest BCUT2D eigenvalue weighted by atomic mass is 35.5. The third-order valence-corrected chi connectivity index (χ3v) is 5.53. The Morgan fingerprint density at radius 1 is 0.871 bits per heavy atom. The first kappa shape index (κ1) is 21.0. The molecule has 1 aliphatic heterocycles. The Morgan fingerprint density at radius 2 is 1.61 bits per heavy atom. The number of rotatable bonds is 5. The van der Waals surface area contributed by atoms with Crippen LogP contribution in [-0.2, 0) is 4.79 Å². The van der Waals surface area contributed by atoms with Crippen molar-refractivity contribution in [3.05, 3.63) is 93.5 Å². The molecule has 0 radical (unpaired) electrons. The molecule has 1 amide bonds. The Bertz CT molecular complexity index is 1210. The van der Waals surface area contributed by atoms with Gasteiger partial charge in [0.05, 0.1) is 35.5 Å². The van der Waals surface area contributed by atoms with Crippen LogP contribution in [0.5, 0.6) is 11.5 Å². The molecule has 0 aliphatic carbocycles. The van der Waals surface area contributed by atoms with Crippen LogP contribution in [0.15, 0.2) is 77.4 Å². The molecule has 1 aliphatic rings. The molecule has 0 atom stereocenters. The topological polar surface area (TPSA) is 51.1 Å². The van der Waals surface area contributed by atoms with E-state index in [9.17, 15) is 4.79 Å². The third kappa shape index (κ3) is 4.15. The predicted molar refractivity (Wildman–Crippen MR) is 124 cm³/mol. The zero-order chi connectivity index (χ0) is 22.0. The number of anilines is 1. The van der Waals surface area contributed by atoms with Crippen molar-refractivity contribution >= 4 is 46.6 Å². The molecule has 4 rings (SSSR count). The molecule has 0 N–H and O–H groups in total. The summed E-state index contributed by atoms with van der Waals surface area (Å²) in [6.07, 6.45) is 1.79. The van der Waals surface area contributed by atoms with E-state index in [1.165, 1.54) is 5.01 Å². The monoisotopic (exact) mass is 452 g/mol. The Morgan fingerprint density at radius 3 is 2.29 bits per heavy atom. The van der Waals surface area contributed by atoms with E-state index in [1.807, 2.05) is 42.5 Å². The standard InChI is InChI=1S/C24H18Cl2N2O3/c1-30-21-11-8-15(13-22(21)31-2)12-18-23(16-6-4-3-5-7-16)27-28(24(18)29)17-9-10-19(25)20(26)14-17/h3-14H,1-2H3/b18-12-. The Balaban J connectivity index is 1.82. The van der Waals surface area contributed by atoms with Gasteiger partial charge >= 0.3 is 0 Å². The zero-order valence-corrected chi connectivity index (χ0v) is 18.3. The van der Waals surface area contributed by atoms with Crippen LogP contribution in [0.4, 0.5) is 5.69 Å². The molecule has 0 bridgehead atoms. The number of carbonyl (C=O) groups excluding carboxylic acids is 1. The van der Waals surface area contributed by atoms with E-state index in [1.54, 1.807) is 44.6 Å². The number of hydrogen-bond donors (Lipinski definition) is 0. The van der Waals surface area contributed by atoms with Crippen molar-refractivity contribution in [3.63, 3.8) is 0 Å². The number of ether oxygens (including phenoxy) is 2. The molecule has 0 saturated carbocycles. The third-order valence-electron chi connectivity index (χ3n) is 4.79. The number of methoxy groups -OCH3 is 2. The first-order valence-electron chi connectivity index (χ1n) is 9.39. The van der Waals surface area contributed by atoms with Crippen LogP contribution >= 0.6 is 23.2 Å². The maximum Gasteiger partial charge on any atom is 0.281 e. The number of hydrazone groups is 1. The van der Waals surface area contributed by atoms with Crippen LogP contribution in [0.2, 0.25) is 10.0 Å². The average Bonchev–Trinajstić information content (AvgIpc) is 3.12. The van der Waals surface area contributed by atoms with Crippen molar-refractivity contribution in [1.29, 1.82) is 0 Å². The quantitative estimate of drug-likeness (QED) is 0.456. The number of hydrogen-bond acceptors (Lipinski definition) is 4. The summed E-state index contributed by atoms with van der Waals surface area (Å²) in [5.41, 5.74) is 3.14. The van der Waals surface area contributed by atoms with Gasteiger partial charge in [-0.1, -0.05) is 59.6 Å². The van der Waals surface area contributed by atoms with Gasteiger partial charge in [-0.3, -0.25) is 4.79 Å². The van der Waals surface area contributed by atoms with Crippen molar-refractivity contribution in [1.82, 2.24) is 0 Å². The van der Waals surface area contributed by atoms with E-state index in [2.05, 4.69) is 5.10 Å². The minimum Gasteiger partial charge on any atom is -0.493 e. The second-order valence-corrected chi connectivity index (χ2v) is 7.52. The van der Waals surface area contributed by atoms with E-state index in [0.29, 0.717) is 38.5 Å². The van der Waals surface area contributed by atoms with Crippen LogP contribution in [0, 0.1) is 0 Å². The highest BCUT2D eigenvalue weighted by Crippen LogP contribution is 2.33. The van der Waals surface area contributed by atoms with Gasteiger partial charge in [-0.15, -0.1) is 0 Å². The predicted octanol–water partition coefficient (Wildman–Crippen LogP) is 5.85. The summed E-state index contributed by atoms with van der Waals surface area (Å²) >= 11 is 12.2. The fourth-order valence-corrected chi connectivity index (χ4v) is 3.55. The molecular weight excluding hydrogens is 435 g/mol. The summed E-state index contributed by atoms with van der Waals surface area (Å²) in [5.74, 6) is 0.908. The summed E-state index contributed by atoms with van der Waals surface area (Å²) in [4.78, 5) is 13.4. The first-order valence-corrected chi connectivity index (χ1v) is 10.1. The van der Waals surface area contributed by atoms with Crippen LogP contribution in [-0.4, -0.2) is 25.8 Å². The lowest BCUT2D eigenvalue weighted by molar-refractivity contribution is -0.114. The molecular formula is C24H18Cl2N2O3. The molecule has 1 heterocycles. The molecule has 0 aromatic heterocycles. The lowest BCUT2D eigenvalue weighted by Crippen LogP contribution is -2.21. The number of carbonyl (C=O) groups is 1. The SMILES string of the molecule is COc1ccc(/C=C2\C(=O)N(c3ccc(Cl)c(Cl)c3)N=C2c2ccccc2)cc1OC. The van der Waals surface area contributed by atoms with Gasteiger partial charge < -0.3 is 9.47 Å². The number of amides is 1. The van der Waals surface area contributed by atoms with Crippen LogP contribution in [0.1, 0.15) is 11.1 Å². The molecule has 0 spiro atoms. The van der Waals surface area contributed by atoms with Crippen molar-refractivity contribution in [2.75, 3.05) is 19.2 Å². The first-order chi connectivity index (χ1) is 15.0. The number of halogens is 2. The fraction of sp³-hybridized carbons (Fsp3) is 0.0833. The summed E-state index contributed by atoms with van der Waals surface area (Å²) in [6.45, 7) is 0. The van der Waals surface area contributed by atoms with Crippen LogP contribution in [0.25, 0.3) is 6.08 Å². The van der Waals surface area contributed by atoms with Crippen LogP contribution in [0.3, 0.4) is 0 Å². The maximum absolute atomic E-state index is 13.4. The Hall–Kier alpha value is -3.28. The summed E-state index contributed by atoms with van der Waals surface area (Å²) < 4.78 is 10.7. The number of nitrogens with zero attached hydrogens (tertiary/aromatic N) is 2. The molecule has 3 aromatic rings. The average molecular weight is 453 g/mol. The summed E-state index contributed by atoms with van der Waals surface area (Å²) in [6, 6.07) is 20.0. The van der Waals surface area contributed by atoms with Crippen molar-refractivity contribution in [2.24, 2.45) is 5.10 Å². The van der Waals surface area contributed by atoms with Gasteiger partial charge in [0, 0.05) is 5.56 Å². The lowest BCUT2D eigenvalue weighted by atomic mass is 10.00. The second-order valence-electron chi connectivity index (χ2n) is 6.70. The summed E-state index contributed by atoms with van der Waals surface area (Å²) in [5, 5.41) is 6.69. The van der Waals surface area contributed by atoms with E-state index >= 15 is 0 Å². The summed E-state index contributed by atoms with van der Waals surface area (Å²) in [7, 11) is 3.14. The molecule has 0 unspecified atom stereocenters. The van der Waals surface area contributed by atoms with Gasteiger partial charge in [0.15, 0.2) is 11.5 Å². The fourth-order valence-electron chi connectivity index (χ4n) is 3.26. The van der Waals surface area contributed by atoms with E-state index in [-0.39, 0.29) is 5.91 Å². The Labute approximate surface area is 190 Å². The van der Waals surface area contributed by atoms with Gasteiger partial charge in [0.25, 0.3) is 5.91 Å². The minimum absolute atomic E-state index is 0.271. The van der Waals surface area contributed by atoms with Gasteiger partial charge in [0.1, 0.15) is 5.71 Å². The molecule has 3 aromatic carbocycles. The van der Waals surface area contributed by atoms with Gasteiger partial charge in [0.2, 0.25) is 0 Å². The lowest BCUT2D eigenvalue weighted by Gasteiger charge is -2.12. The zero-order valence-electron chi connectivity index (χ0n) is 16.8. The second kappa shape index (κ2) is 8.84. The molecule has 31 heavy (non-hydrogen) atoms. The van der Waals surface area contributed by atoms with Crippen molar-refractivity contribution in [3.8, 4) is 11.5 Å². The van der Waals surface area contributed by atoms with E-state index in [4.69, 9.17) is 32.7 Å². The van der Waals surface area contributed by atoms with Crippen molar-refractivity contribution < 1.29 is 14.3 Å². The largest absolute Gasteiger partial charge is 0.493 e. The van der Waals surface area contributed by atoms with Crippen LogP contribution < -0.4 is 14.5 Å². The van der Waals surface area contributed by atoms with Crippen molar-refractivity contribution in [2.45, 2.75) is 0 Å². The van der Waals surface area contributed by atoms with Gasteiger partial charge in [-0.2, -0.15) is 10.1 Å². The van der Waals surface area contributed by atoms with E-state index in [0.717, 1.165) is 11.1 Å². The minimum atomic E-state index is -0.271. The molecule has 7 heteroatoms. The molecule has 0 fully saturated rings. The van der Waals surface area contributed by atoms with Gasteiger partial charge in [-0.25, -0.2) is 0 Å². The van der Waals surface area contributed by atoms with Gasteiger partial charge in [-0.05, 0) is 42.0 Å². The number of benzene rings is 3. The molecule has 156 valence electrons. The molecule has 5 nitrogen and oxygen atoms in total. The Kier molecular flexibility index (Phi) is 5.98. The maximum atomic E-state index is 13.4. The highest BCUT2D eigenvalue weighted by Gasteiger charge is 2.32. The highest BCUT2D eigenvalue weighted by molar-refractivity contribution is 6.42. The smallest absolute Gasteiger partial charge is 0.281 e.